The molecule has 0 aliphatic heterocycles. The van der Waals surface area contributed by atoms with Crippen molar-refractivity contribution in [3.8, 4) is 0 Å². The maximum Gasteiger partial charge on any atom is 0.303 e. The summed E-state index contributed by atoms with van der Waals surface area (Å²) in [6, 6.07) is 0. The molecular formula is C18H34O4. The van der Waals surface area contributed by atoms with E-state index in [1.54, 1.807) is 0 Å². The second-order valence-corrected chi connectivity index (χ2v) is 5.98. The molecule has 0 aliphatic rings. The lowest BCUT2D eigenvalue weighted by atomic mass is 10.0. The van der Waals surface area contributed by atoms with Crippen LogP contribution in [-0.4, -0.2) is 22.4 Å². The molecule has 0 radical (unpaired) electrons. The Bertz CT molecular complexity index is 276. The summed E-state index contributed by atoms with van der Waals surface area (Å²) in [5.41, 5.74) is 0. The first-order chi connectivity index (χ1) is 10.7. The molecule has 0 rings (SSSR count). The first-order valence-electron chi connectivity index (χ1n) is 8.89. The molecule has 0 saturated heterocycles. The van der Waals surface area contributed by atoms with E-state index in [2.05, 4.69) is 17.9 Å². The highest BCUT2D eigenvalue weighted by Crippen LogP contribution is 2.13. The van der Waals surface area contributed by atoms with E-state index in [-0.39, 0.29) is 6.10 Å². The zero-order valence-electron chi connectivity index (χ0n) is 14.1. The summed E-state index contributed by atoms with van der Waals surface area (Å²) in [5.74, 6) is -0.690. The highest BCUT2D eigenvalue weighted by Gasteiger charge is 2.03. The van der Waals surface area contributed by atoms with Crippen molar-refractivity contribution in [1.82, 2.24) is 0 Å². The molecule has 1 atom stereocenters. The monoisotopic (exact) mass is 314 g/mol. The molecule has 0 bridgehead atoms. The molecule has 0 spiro atoms. The SMILES string of the molecule is CCCC/C=C/[C@@H](CCCCCCCCCCC(=O)O)OO. The van der Waals surface area contributed by atoms with Gasteiger partial charge in [-0.2, -0.15) is 0 Å². The van der Waals surface area contributed by atoms with Gasteiger partial charge in [0.15, 0.2) is 0 Å². The fourth-order valence-corrected chi connectivity index (χ4v) is 2.44. The van der Waals surface area contributed by atoms with Gasteiger partial charge in [0, 0.05) is 6.42 Å². The Kier molecular flexibility index (Phi) is 15.8. The summed E-state index contributed by atoms with van der Waals surface area (Å²) in [6.45, 7) is 2.17. The number of aliphatic carboxylic acids is 1. The molecule has 0 heterocycles. The number of carboxylic acid groups (broad SMARTS) is 1. The van der Waals surface area contributed by atoms with Crippen LogP contribution in [-0.2, 0) is 9.68 Å². The van der Waals surface area contributed by atoms with Crippen LogP contribution in [0.15, 0.2) is 12.2 Å². The molecule has 0 fully saturated rings. The average Bonchev–Trinajstić information content (AvgIpc) is 2.50. The summed E-state index contributed by atoms with van der Waals surface area (Å²) in [4.78, 5) is 14.8. The Morgan fingerprint density at radius 3 is 2.14 bits per heavy atom. The Morgan fingerprint density at radius 1 is 1.00 bits per heavy atom. The molecule has 130 valence electrons. The Balaban J connectivity index is 3.36. The lowest BCUT2D eigenvalue weighted by molar-refractivity contribution is -0.267. The molecule has 0 aromatic heterocycles. The van der Waals surface area contributed by atoms with Crippen molar-refractivity contribution in [2.45, 2.75) is 96.5 Å². The van der Waals surface area contributed by atoms with E-state index in [0.29, 0.717) is 6.42 Å². The molecule has 0 aromatic carbocycles. The van der Waals surface area contributed by atoms with E-state index in [1.165, 1.54) is 32.1 Å². The van der Waals surface area contributed by atoms with Crippen molar-refractivity contribution in [3.63, 3.8) is 0 Å². The molecule has 2 N–H and O–H groups in total. The van der Waals surface area contributed by atoms with E-state index < -0.39 is 5.97 Å². The molecule has 0 saturated carbocycles. The molecular weight excluding hydrogens is 280 g/mol. The zero-order valence-corrected chi connectivity index (χ0v) is 14.1. The van der Waals surface area contributed by atoms with Gasteiger partial charge in [-0.15, -0.1) is 0 Å². The maximum absolute atomic E-state index is 10.4. The lowest BCUT2D eigenvalue weighted by Crippen LogP contribution is -2.06. The van der Waals surface area contributed by atoms with E-state index in [9.17, 15) is 4.79 Å². The number of hydrogen-bond donors (Lipinski definition) is 2. The second kappa shape index (κ2) is 16.5. The van der Waals surface area contributed by atoms with Crippen LogP contribution in [0.25, 0.3) is 0 Å². The second-order valence-electron chi connectivity index (χ2n) is 5.98. The van der Waals surface area contributed by atoms with Gasteiger partial charge in [-0.25, -0.2) is 4.89 Å². The quantitative estimate of drug-likeness (QED) is 0.169. The van der Waals surface area contributed by atoms with Gasteiger partial charge in [0.2, 0.25) is 0 Å². The van der Waals surface area contributed by atoms with Crippen molar-refractivity contribution >= 4 is 5.97 Å². The third-order valence-electron chi connectivity index (χ3n) is 3.84. The highest BCUT2D eigenvalue weighted by atomic mass is 17.1. The van der Waals surface area contributed by atoms with Gasteiger partial charge in [0.25, 0.3) is 0 Å². The first kappa shape index (κ1) is 21.1. The third-order valence-corrected chi connectivity index (χ3v) is 3.84. The maximum atomic E-state index is 10.4. The van der Waals surface area contributed by atoms with Crippen LogP contribution < -0.4 is 0 Å². The number of allylic oxidation sites excluding steroid dienone is 1. The Labute approximate surface area is 135 Å². The van der Waals surface area contributed by atoms with Crippen molar-refractivity contribution in [2.24, 2.45) is 0 Å². The summed E-state index contributed by atoms with van der Waals surface area (Å²) >= 11 is 0. The number of rotatable bonds is 16. The van der Waals surface area contributed by atoms with Crippen molar-refractivity contribution < 1.29 is 20.0 Å². The zero-order chi connectivity index (χ0) is 16.5. The molecule has 22 heavy (non-hydrogen) atoms. The normalized spacial score (nSPS) is 12.8. The molecule has 0 amide bonds. The summed E-state index contributed by atoms with van der Waals surface area (Å²) in [7, 11) is 0. The van der Waals surface area contributed by atoms with Crippen molar-refractivity contribution in [3.05, 3.63) is 12.2 Å². The Hall–Kier alpha value is -0.870. The van der Waals surface area contributed by atoms with Crippen molar-refractivity contribution in [1.29, 1.82) is 0 Å². The minimum absolute atomic E-state index is 0.159. The average molecular weight is 314 g/mol. The van der Waals surface area contributed by atoms with Crippen LogP contribution in [0, 0.1) is 0 Å². The number of hydrogen-bond acceptors (Lipinski definition) is 3. The van der Waals surface area contributed by atoms with Gasteiger partial charge in [-0.1, -0.05) is 76.9 Å². The molecule has 0 aliphatic carbocycles. The van der Waals surface area contributed by atoms with Gasteiger partial charge >= 0.3 is 5.97 Å². The molecule has 0 unspecified atom stereocenters. The minimum Gasteiger partial charge on any atom is -0.481 e. The smallest absolute Gasteiger partial charge is 0.303 e. The van der Waals surface area contributed by atoms with Crippen LogP contribution in [0.2, 0.25) is 0 Å². The van der Waals surface area contributed by atoms with E-state index >= 15 is 0 Å². The largest absolute Gasteiger partial charge is 0.481 e. The standard InChI is InChI=1S/C18H34O4/c1-2-3-4-11-14-17(22-21)15-12-9-7-5-6-8-10-13-16-18(19)20/h11,14,17,21H,2-10,12-13,15-16H2,1H3,(H,19,20)/b14-11+/t17-/m0/s1. The third kappa shape index (κ3) is 15.5. The fourth-order valence-electron chi connectivity index (χ4n) is 2.44. The molecule has 0 aromatic rings. The van der Waals surface area contributed by atoms with E-state index in [1.807, 2.05) is 6.08 Å². The first-order valence-corrected chi connectivity index (χ1v) is 8.89. The van der Waals surface area contributed by atoms with Gasteiger partial charge in [-0.05, 0) is 19.3 Å². The molecule has 4 nitrogen and oxygen atoms in total. The lowest BCUT2D eigenvalue weighted by Gasteiger charge is -2.08. The molecule has 4 heteroatoms. The van der Waals surface area contributed by atoms with Gasteiger partial charge in [0.05, 0.1) is 0 Å². The fraction of sp³-hybridized carbons (Fsp3) is 0.833. The van der Waals surface area contributed by atoms with Gasteiger partial charge in [0.1, 0.15) is 6.10 Å². The van der Waals surface area contributed by atoms with Crippen LogP contribution in [0.5, 0.6) is 0 Å². The predicted molar refractivity (Wildman–Crippen MR) is 90.0 cm³/mol. The van der Waals surface area contributed by atoms with E-state index in [4.69, 9.17) is 10.4 Å². The summed E-state index contributed by atoms with van der Waals surface area (Å²) < 4.78 is 0. The van der Waals surface area contributed by atoms with Crippen LogP contribution in [0.4, 0.5) is 0 Å². The number of carboxylic acids is 1. The topological polar surface area (TPSA) is 66.8 Å². The van der Waals surface area contributed by atoms with Crippen LogP contribution in [0.3, 0.4) is 0 Å². The summed E-state index contributed by atoms with van der Waals surface area (Å²) in [5, 5.41) is 17.4. The van der Waals surface area contributed by atoms with Crippen LogP contribution >= 0.6 is 0 Å². The predicted octanol–water partition coefficient (Wildman–Crippen LogP) is 5.58. The van der Waals surface area contributed by atoms with Crippen molar-refractivity contribution in [2.75, 3.05) is 0 Å². The van der Waals surface area contributed by atoms with Crippen LogP contribution in [0.1, 0.15) is 90.4 Å². The highest BCUT2D eigenvalue weighted by molar-refractivity contribution is 5.66. The van der Waals surface area contributed by atoms with Gasteiger partial charge < -0.3 is 5.11 Å². The Morgan fingerprint density at radius 2 is 1.59 bits per heavy atom. The number of carbonyl (C=O) groups is 1. The summed E-state index contributed by atoms with van der Waals surface area (Å²) in [6.07, 6.45) is 17.3. The number of unbranched alkanes of at least 4 members (excludes halogenated alkanes) is 9. The van der Waals surface area contributed by atoms with E-state index in [0.717, 1.165) is 44.9 Å². The van der Waals surface area contributed by atoms with Gasteiger partial charge in [-0.3, -0.25) is 10.1 Å². The minimum atomic E-state index is -0.690.